The summed E-state index contributed by atoms with van der Waals surface area (Å²) in [4.78, 5) is 8.54. The van der Waals surface area contributed by atoms with Crippen LogP contribution in [0, 0.1) is 0 Å². The molecule has 0 spiro atoms. The first-order valence-electron chi connectivity index (χ1n) is 6.02. The van der Waals surface area contributed by atoms with Gasteiger partial charge in [0.25, 0.3) is 0 Å². The van der Waals surface area contributed by atoms with E-state index in [1.54, 1.807) is 13.2 Å². The maximum absolute atomic E-state index is 5.85. The van der Waals surface area contributed by atoms with Crippen LogP contribution < -0.4 is 10.1 Å². The van der Waals surface area contributed by atoms with Gasteiger partial charge >= 0.3 is 0 Å². The number of anilines is 1. The number of nitrogens with zero attached hydrogens (tertiary/aromatic N) is 3. The van der Waals surface area contributed by atoms with Crippen molar-refractivity contribution in [2.24, 2.45) is 0 Å². The van der Waals surface area contributed by atoms with Crippen LogP contribution in [-0.4, -0.2) is 27.2 Å². The summed E-state index contributed by atoms with van der Waals surface area (Å²) in [6.07, 6.45) is 1.64. The Bertz CT molecular complexity index is 725. The fraction of sp³-hybridized carbons (Fsp3) is 0.154. The zero-order valence-electron chi connectivity index (χ0n) is 10.7. The molecule has 1 aromatic carbocycles. The number of benzene rings is 1. The zero-order chi connectivity index (χ0) is 13.9. The second-order valence-electron chi connectivity index (χ2n) is 4.15. The minimum absolute atomic E-state index is 0.400. The van der Waals surface area contributed by atoms with Crippen molar-refractivity contribution < 1.29 is 4.74 Å². The van der Waals surface area contributed by atoms with Crippen LogP contribution in [0.2, 0.25) is 5.02 Å². The Morgan fingerprint density at radius 2 is 2.05 bits per heavy atom. The smallest absolute Gasteiger partial charge is 0.229 e. The summed E-state index contributed by atoms with van der Waals surface area (Å²) in [5, 5.41) is 11.1. The predicted molar refractivity (Wildman–Crippen MR) is 77.0 cm³/mol. The topological polar surface area (TPSA) is 75.7 Å². The van der Waals surface area contributed by atoms with Gasteiger partial charge in [-0.1, -0.05) is 23.7 Å². The summed E-state index contributed by atoms with van der Waals surface area (Å²) in [6.45, 7) is 0.400. The number of ether oxygens (including phenoxy) is 1. The van der Waals surface area contributed by atoms with Crippen LogP contribution in [0.5, 0.6) is 5.88 Å². The van der Waals surface area contributed by atoms with Gasteiger partial charge in [0, 0.05) is 12.1 Å². The van der Waals surface area contributed by atoms with Crippen molar-refractivity contribution in [3.05, 3.63) is 41.0 Å². The summed E-state index contributed by atoms with van der Waals surface area (Å²) in [7, 11) is 1.75. The van der Waals surface area contributed by atoms with Crippen molar-refractivity contribution >= 4 is 28.6 Å². The second kappa shape index (κ2) is 5.34. The Balaban J connectivity index is 1.86. The third-order valence-electron chi connectivity index (χ3n) is 2.79. The van der Waals surface area contributed by atoms with Gasteiger partial charge < -0.3 is 10.1 Å². The highest BCUT2D eigenvalue weighted by Gasteiger charge is 2.10. The third-order valence-corrected chi connectivity index (χ3v) is 3.04. The number of aromatic nitrogens is 4. The molecule has 2 aromatic heterocycles. The van der Waals surface area contributed by atoms with Gasteiger partial charge in [0.15, 0.2) is 5.65 Å². The number of hydrogen-bond donors (Lipinski definition) is 2. The molecule has 2 heterocycles. The van der Waals surface area contributed by atoms with E-state index in [1.807, 2.05) is 24.3 Å². The van der Waals surface area contributed by atoms with Crippen LogP contribution in [0.15, 0.2) is 30.5 Å². The molecule has 0 amide bonds. The first-order valence-corrected chi connectivity index (χ1v) is 6.40. The molecule has 102 valence electrons. The van der Waals surface area contributed by atoms with Gasteiger partial charge in [-0.25, -0.2) is 0 Å². The highest BCUT2D eigenvalue weighted by molar-refractivity contribution is 6.30. The monoisotopic (exact) mass is 289 g/mol. The molecular formula is C13H12ClN5O. The fourth-order valence-corrected chi connectivity index (χ4v) is 1.89. The maximum Gasteiger partial charge on any atom is 0.229 e. The van der Waals surface area contributed by atoms with Crippen molar-refractivity contribution in [3.8, 4) is 5.88 Å². The zero-order valence-corrected chi connectivity index (χ0v) is 11.5. The number of rotatable bonds is 4. The Kier molecular flexibility index (Phi) is 3.39. The van der Waals surface area contributed by atoms with E-state index in [2.05, 4.69) is 25.5 Å². The van der Waals surface area contributed by atoms with Crippen LogP contribution in [0.4, 0.5) is 5.95 Å². The van der Waals surface area contributed by atoms with Crippen molar-refractivity contribution in [1.29, 1.82) is 0 Å². The molecule has 0 bridgehead atoms. The largest absolute Gasteiger partial charge is 0.472 e. The molecule has 0 unspecified atom stereocenters. The van der Waals surface area contributed by atoms with Crippen LogP contribution in [0.1, 0.15) is 5.56 Å². The molecule has 0 fully saturated rings. The van der Waals surface area contributed by atoms with Gasteiger partial charge in [0.05, 0.1) is 6.20 Å². The Labute approximate surface area is 120 Å². The highest BCUT2D eigenvalue weighted by atomic mass is 35.5. The number of nitrogens with one attached hydrogen (secondary N) is 2. The van der Waals surface area contributed by atoms with Gasteiger partial charge in [0.1, 0.15) is 12.0 Å². The van der Waals surface area contributed by atoms with Gasteiger partial charge in [0.2, 0.25) is 11.8 Å². The number of hydrogen-bond acceptors (Lipinski definition) is 5. The Morgan fingerprint density at radius 3 is 2.80 bits per heavy atom. The molecule has 3 aromatic rings. The molecule has 6 nitrogen and oxygen atoms in total. The molecule has 0 atom stereocenters. The first kappa shape index (κ1) is 12.7. The van der Waals surface area contributed by atoms with E-state index < -0.39 is 0 Å². The van der Waals surface area contributed by atoms with Gasteiger partial charge in [-0.3, -0.25) is 5.10 Å². The van der Waals surface area contributed by atoms with E-state index >= 15 is 0 Å². The summed E-state index contributed by atoms with van der Waals surface area (Å²) in [5.41, 5.74) is 1.64. The molecular weight excluding hydrogens is 278 g/mol. The lowest BCUT2D eigenvalue weighted by Crippen LogP contribution is -2.02. The average molecular weight is 290 g/mol. The summed E-state index contributed by atoms with van der Waals surface area (Å²) in [6, 6.07) is 7.48. The molecule has 0 aliphatic carbocycles. The third kappa shape index (κ3) is 2.50. The van der Waals surface area contributed by atoms with Crippen LogP contribution in [-0.2, 0) is 6.61 Å². The van der Waals surface area contributed by atoms with Crippen molar-refractivity contribution in [3.63, 3.8) is 0 Å². The SMILES string of the molecule is CNc1nc(OCc2ccc(Cl)cc2)c2cn[nH]c2n1. The summed E-state index contributed by atoms with van der Waals surface area (Å²) in [5.74, 6) is 0.968. The molecule has 20 heavy (non-hydrogen) atoms. The summed E-state index contributed by atoms with van der Waals surface area (Å²) < 4.78 is 5.75. The Morgan fingerprint density at radius 1 is 1.25 bits per heavy atom. The summed E-state index contributed by atoms with van der Waals surface area (Å²) >= 11 is 5.85. The molecule has 0 aliphatic rings. The number of fused-ring (bicyclic) bond motifs is 1. The molecule has 0 saturated heterocycles. The van der Waals surface area contributed by atoms with E-state index in [4.69, 9.17) is 16.3 Å². The lowest BCUT2D eigenvalue weighted by atomic mass is 10.2. The van der Waals surface area contributed by atoms with Gasteiger partial charge in [-0.2, -0.15) is 15.1 Å². The quantitative estimate of drug-likeness (QED) is 0.772. The molecule has 0 aliphatic heterocycles. The molecule has 3 rings (SSSR count). The Hall–Kier alpha value is -2.34. The van der Waals surface area contributed by atoms with Crippen molar-refractivity contribution in [2.75, 3.05) is 12.4 Å². The van der Waals surface area contributed by atoms with E-state index in [1.165, 1.54) is 0 Å². The molecule has 2 N–H and O–H groups in total. The average Bonchev–Trinajstić information content (AvgIpc) is 2.94. The first-order chi connectivity index (χ1) is 9.76. The normalized spacial score (nSPS) is 10.7. The minimum Gasteiger partial charge on any atom is -0.472 e. The van der Waals surface area contributed by atoms with Crippen LogP contribution in [0.3, 0.4) is 0 Å². The van der Waals surface area contributed by atoms with E-state index in [-0.39, 0.29) is 0 Å². The van der Waals surface area contributed by atoms with E-state index in [0.717, 1.165) is 10.9 Å². The lowest BCUT2D eigenvalue weighted by molar-refractivity contribution is 0.298. The maximum atomic E-state index is 5.85. The standard InChI is InChI=1S/C13H12ClN5O/c1-15-13-17-11-10(6-16-19-11)12(18-13)20-7-8-2-4-9(14)5-3-8/h2-6H,7H2,1H3,(H2,15,16,17,18,19). The number of H-pyrrole nitrogens is 1. The van der Waals surface area contributed by atoms with E-state index in [0.29, 0.717) is 29.1 Å². The molecule has 0 radical (unpaired) electrons. The van der Waals surface area contributed by atoms with Crippen LogP contribution >= 0.6 is 11.6 Å². The minimum atomic E-state index is 0.400. The van der Waals surface area contributed by atoms with Crippen molar-refractivity contribution in [1.82, 2.24) is 20.2 Å². The van der Waals surface area contributed by atoms with Crippen molar-refractivity contribution in [2.45, 2.75) is 6.61 Å². The van der Waals surface area contributed by atoms with Gasteiger partial charge in [-0.15, -0.1) is 0 Å². The van der Waals surface area contributed by atoms with E-state index in [9.17, 15) is 0 Å². The van der Waals surface area contributed by atoms with Crippen LogP contribution in [0.25, 0.3) is 11.0 Å². The van der Waals surface area contributed by atoms with Gasteiger partial charge in [-0.05, 0) is 17.7 Å². The second-order valence-corrected chi connectivity index (χ2v) is 4.59. The fourth-order valence-electron chi connectivity index (χ4n) is 1.76. The molecule has 7 heteroatoms. The molecule has 0 saturated carbocycles. The number of halogens is 1. The highest BCUT2D eigenvalue weighted by Crippen LogP contribution is 2.23. The predicted octanol–water partition coefficient (Wildman–Crippen LogP) is 2.63. The lowest BCUT2D eigenvalue weighted by Gasteiger charge is -2.07. The number of aromatic amines is 1.